The van der Waals surface area contributed by atoms with Crippen LogP contribution in [-0.4, -0.2) is 86.9 Å². The van der Waals surface area contributed by atoms with E-state index >= 15 is 0 Å². The van der Waals surface area contributed by atoms with Crippen LogP contribution in [0.15, 0.2) is 0 Å². The number of piperazine rings is 1. The second-order valence-electron chi connectivity index (χ2n) is 5.46. The number of nitrogens with one attached hydrogen (secondary N) is 1. The van der Waals surface area contributed by atoms with Crippen molar-refractivity contribution in [3.8, 4) is 0 Å². The molecule has 0 radical (unpaired) electrons. The average molecular weight is 255 g/mol. The molecule has 6 heteroatoms. The van der Waals surface area contributed by atoms with Crippen molar-refractivity contribution in [1.29, 1.82) is 0 Å². The van der Waals surface area contributed by atoms with Crippen molar-refractivity contribution in [3.63, 3.8) is 0 Å². The van der Waals surface area contributed by atoms with Crippen LogP contribution in [0.4, 0.5) is 0 Å². The quantitative estimate of drug-likeness (QED) is 0.652. The van der Waals surface area contributed by atoms with E-state index in [-0.39, 0.29) is 18.1 Å². The second kappa shape index (κ2) is 4.77. The molecule has 0 unspecified atom stereocenters. The number of ether oxygens (including phenoxy) is 2. The second-order valence-corrected chi connectivity index (χ2v) is 5.46. The predicted octanol–water partition coefficient (Wildman–Crippen LogP) is -1.48. The first-order chi connectivity index (χ1) is 8.75. The number of amides is 1. The Bertz CT molecular complexity index is 333. The molecule has 0 aromatic heterocycles. The zero-order valence-electron chi connectivity index (χ0n) is 10.9. The van der Waals surface area contributed by atoms with E-state index in [2.05, 4.69) is 10.2 Å². The Morgan fingerprint density at radius 2 is 2.39 bits per heavy atom. The molecule has 0 aromatic carbocycles. The number of fused-ring (bicyclic) bond motifs is 2. The van der Waals surface area contributed by atoms with Gasteiger partial charge in [-0.25, -0.2) is 0 Å². The third-order valence-electron chi connectivity index (χ3n) is 4.28. The van der Waals surface area contributed by atoms with Crippen molar-refractivity contribution in [2.24, 2.45) is 0 Å². The van der Waals surface area contributed by atoms with Crippen LogP contribution in [0.5, 0.6) is 0 Å². The predicted molar refractivity (Wildman–Crippen MR) is 65.4 cm³/mol. The highest BCUT2D eigenvalue weighted by Gasteiger charge is 2.51. The van der Waals surface area contributed by atoms with Gasteiger partial charge in [0, 0.05) is 39.8 Å². The summed E-state index contributed by atoms with van der Waals surface area (Å²) in [5, 5.41) is 3.34. The van der Waals surface area contributed by atoms with Crippen molar-refractivity contribution < 1.29 is 14.3 Å². The lowest BCUT2D eigenvalue weighted by atomic mass is 9.84. The number of hydrogen-bond acceptors (Lipinski definition) is 5. The van der Waals surface area contributed by atoms with Crippen LogP contribution in [0.2, 0.25) is 0 Å². The van der Waals surface area contributed by atoms with Crippen molar-refractivity contribution in [2.45, 2.75) is 11.6 Å². The van der Waals surface area contributed by atoms with Gasteiger partial charge in [0.2, 0.25) is 5.91 Å². The molecule has 1 spiro atoms. The Kier molecular flexibility index (Phi) is 3.27. The van der Waals surface area contributed by atoms with E-state index in [0.29, 0.717) is 6.04 Å². The minimum absolute atomic E-state index is 0.0917. The summed E-state index contributed by atoms with van der Waals surface area (Å²) in [6.07, 6.45) is 0. The highest BCUT2D eigenvalue weighted by molar-refractivity contribution is 5.77. The van der Waals surface area contributed by atoms with E-state index in [1.807, 2.05) is 4.90 Å². The highest BCUT2D eigenvalue weighted by atomic mass is 16.5. The van der Waals surface area contributed by atoms with E-state index in [4.69, 9.17) is 9.47 Å². The normalized spacial score (nSPS) is 30.9. The van der Waals surface area contributed by atoms with Crippen molar-refractivity contribution >= 4 is 5.91 Å². The van der Waals surface area contributed by atoms with Crippen LogP contribution in [0, 0.1) is 0 Å². The maximum absolute atomic E-state index is 12.0. The van der Waals surface area contributed by atoms with Gasteiger partial charge >= 0.3 is 0 Å². The fraction of sp³-hybridized carbons (Fsp3) is 0.917. The molecule has 3 rings (SSSR count). The molecule has 6 nitrogen and oxygen atoms in total. The molecule has 1 atom stereocenters. The Morgan fingerprint density at radius 3 is 3.06 bits per heavy atom. The van der Waals surface area contributed by atoms with Gasteiger partial charge < -0.3 is 19.7 Å². The number of nitrogens with zero attached hydrogens (tertiary/aromatic N) is 2. The highest BCUT2D eigenvalue weighted by Crippen LogP contribution is 2.31. The average Bonchev–Trinajstić information content (AvgIpc) is 2.35. The monoisotopic (exact) mass is 255 g/mol. The summed E-state index contributed by atoms with van der Waals surface area (Å²) in [6.45, 7) is 6.24. The molecular formula is C12H21N3O3. The van der Waals surface area contributed by atoms with Crippen LogP contribution in [0.1, 0.15) is 0 Å². The van der Waals surface area contributed by atoms with Gasteiger partial charge in [0.25, 0.3) is 0 Å². The van der Waals surface area contributed by atoms with E-state index in [9.17, 15) is 4.79 Å². The smallest absolute Gasteiger partial charge is 0.248 e. The van der Waals surface area contributed by atoms with Gasteiger partial charge in [-0.05, 0) is 0 Å². The third-order valence-corrected chi connectivity index (χ3v) is 4.28. The first kappa shape index (κ1) is 12.3. The molecular weight excluding hydrogens is 234 g/mol. The third kappa shape index (κ3) is 1.93. The summed E-state index contributed by atoms with van der Waals surface area (Å²) in [5.41, 5.74) is 0.135. The van der Waals surface area contributed by atoms with E-state index in [0.717, 1.165) is 45.9 Å². The largest absolute Gasteiger partial charge is 0.378 e. The molecule has 0 aliphatic carbocycles. The Hall–Kier alpha value is -0.690. The molecule has 1 amide bonds. The SMILES string of the molecule is COCC(=O)N1C[C@@H]2COCCN2C2(CNC2)C1. The lowest BCUT2D eigenvalue weighted by Gasteiger charge is -2.60. The Morgan fingerprint density at radius 1 is 1.56 bits per heavy atom. The van der Waals surface area contributed by atoms with E-state index < -0.39 is 0 Å². The fourth-order valence-corrected chi connectivity index (χ4v) is 3.33. The van der Waals surface area contributed by atoms with Gasteiger partial charge in [0.15, 0.2) is 0 Å². The number of morpholine rings is 1. The van der Waals surface area contributed by atoms with Gasteiger partial charge in [0.05, 0.1) is 24.8 Å². The summed E-state index contributed by atoms with van der Waals surface area (Å²) < 4.78 is 10.5. The number of hydrogen-bond donors (Lipinski definition) is 1. The zero-order chi connectivity index (χ0) is 12.6. The molecule has 102 valence electrons. The Labute approximate surface area is 107 Å². The first-order valence-electron chi connectivity index (χ1n) is 6.57. The van der Waals surface area contributed by atoms with Crippen LogP contribution < -0.4 is 5.32 Å². The van der Waals surface area contributed by atoms with Crippen LogP contribution >= 0.6 is 0 Å². The van der Waals surface area contributed by atoms with Gasteiger partial charge in [-0.3, -0.25) is 9.69 Å². The van der Waals surface area contributed by atoms with Crippen molar-refractivity contribution in [2.75, 3.05) is 59.7 Å². The summed E-state index contributed by atoms with van der Waals surface area (Å²) in [5.74, 6) is 0.0917. The number of carbonyl (C=O) groups is 1. The van der Waals surface area contributed by atoms with Gasteiger partial charge in [0.1, 0.15) is 6.61 Å². The maximum atomic E-state index is 12.0. The van der Waals surface area contributed by atoms with E-state index in [1.165, 1.54) is 0 Å². The molecule has 3 saturated heterocycles. The Balaban J connectivity index is 1.75. The molecule has 18 heavy (non-hydrogen) atoms. The number of methoxy groups -OCH3 is 1. The molecule has 0 bridgehead atoms. The number of rotatable bonds is 2. The van der Waals surface area contributed by atoms with Crippen LogP contribution in [0.3, 0.4) is 0 Å². The lowest BCUT2D eigenvalue weighted by Crippen LogP contribution is -2.80. The fourth-order valence-electron chi connectivity index (χ4n) is 3.33. The van der Waals surface area contributed by atoms with Crippen molar-refractivity contribution in [3.05, 3.63) is 0 Å². The molecule has 0 saturated carbocycles. The zero-order valence-corrected chi connectivity index (χ0v) is 10.9. The lowest BCUT2D eigenvalue weighted by molar-refractivity contribution is -0.158. The van der Waals surface area contributed by atoms with Gasteiger partial charge in [-0.1, -0.05) is 0 Å². The molecule has 1 N–H and O–H groups in total. The maximum Gasteiger partial charge on any atom is 0.248 e. The summed E-state index contributed by atoms with van der Waals surface area (Å²) in [6, 6.07) is 0.343. The summed E-state index contributed by atoms with van der Waals surface area (Å²) in [4.78, 5) is 16.5. The van der Waals surface area contributed by atoms with Crippen LogP contribution in [0.25, 0.3) is 0 Å². The van der Waals surface area contributed by atoms with E-state index in [1.54, 1.807) is 7.11 Å². The molecule has 3 fully saturated rings. The molecule has 0 aromatic rings. The summed E-state index contributed by atoms with van der Waals surface area (Å²) >= 11 is 0. The number of carbonyl (C=O) groups excluding carboxylic acids is 1. The minimum Gasteiger partial charge on any atom is -0.378 e. The first-order valence-corrected chi connectivity index (χ1v) is 6.57. The van der Waals surface area contributed by atoms with Gasteiger partial charge in [-0.15, -0.1) is 0 Å². The van der Waals surface area contributed by atoms with Gasteiger partial charge in [-0.2, -0.15) is 0 Å². The minimum atomic E-state index is 0.0917. The van der Waals surface area contributed by atoms with Crippen LogP contribution in [-0.2, 0) is 14.3 Å². The summed E-state index contributed by atoms with van der Waals surface area (Å²) in [7, 11) is 1.57. The topological polar surface area (TPSA) is 54.0 Å². The molecule has 3 aliphatic rings. The van der Waals surface area contributed by atoms with Crippen molar-refractivity contribution in [1.82, 2.24) is 15.1 Å². The standard InChI is InChI=1S/C12H21N3O3/c1-17-6-11(16)14-4-10-5-18-3-2-15(10)12(9-14)7-13-8-12/h10,13H,2-9H2,1H3/t10-/m1/s1. The molecule has 3 heterocycles. The molecule has 3 aliphatic heterocycles.